The van der Waals surface area contributed by atoms with Gasteiger partial charge in [-0.15, -0.1) is 0 Å². The third-order valence-corrected chi connectivity index (χ3v) is 6.74. The van der Waals surface area contributed by atoms with Gasteiger partial charge >= 0.3 is 0 Å². The molecule has 0 saturated carbocycles. The molecule has 156 valence electrons. The van der Waals surface area contributed by atoms with Crippen molar-refractivity contribution in [3.8, 4) is 0 Å². The first-order valence-corrected chi connectivity index (χ1v) is 10.8. The summed E-state index contributed by atoms with van der Waals surface area (Å²) in [5, 5.41) is 3.40. The lowest BCUT2D eigenvalue weighted by Crippen LogP contribution is -2.51. The highest BCUT2D eigenvalue weighted by Crippen LogP contribution is 2.20. The fourth-order valence-electron chi connectivity index (χ4n) is 3.02. The zero-order valence-corrected chi connectivity index (χ0v) is 17.0. The molecular weight excluding hydrogens is 424 g/mol. The summed E-state index contributed by atoms with van der Waals surface area (Å²) in [6, 6.07) is 9.70. The van der Waals surface area contributed by atoms with E-state index in [1.54, 1.807) is 18.2 Å². The maximum absolute atomic E-state index is 13.4. The van der Waals surface area contributed by atoms with Crippen LogP contribution in [0.1, 0.15) is 5.56 Å². The summed E-state index contributed by atoms with van der Waals surface area (Å²) in [6.07, 6.45) is 0. The van der Waals surface area contributed by atoms with Gasteiger partial charge in [0, 0.05) is 37.7 Å². The van der Waals surface area contributed by atoms with E-state index in [1.165, 1.54) is 4.31 Å². The van der Waals surface area contributed by atoms with Crippen molar-refractivity contribution in [2.75, 3.05) is 32.7 Å². The first kappa shape index (κ1) is 21.6. The Balaban J connectivity index is 1.50. The van der Waals surface area contributed by atoms with Crippen molar-refractivity contribution >= 4 is 27.5 Å². The summed E-state index contributed by atoms with van der Waals surface area (Å²) in [5.41, 5.74) is 0.883. The summed E-state index contributed by atoms with van der Waals surface area (Å²) < 4.78 is 52.8. The Bertz CT molecular complexity index is 996. The summed E-state index contributed by atoms with van der Waals surface area (Å²) in [5.74, 6) is -2.49. The predicted octanol–water partition coefficient (Wildman–Crippen LogP) is 2.24. The van der Waals surface area contributed by atoms with Crippen LogP contribution < -0.4 is 5.32 Å². The van der Waals surface area contributed by atoms with Crippen LogP contribution in [0.4, 0.5) is 8.78 Å². The molecule has 1 aliphatic heterocycles. The fourth-order valence-corrected chi connectivity index (χ4v) is 4.67. The predicted molar refractivity (Wildman–Crippen MR) is 105 cm³/mol. The molecule has 6 nitrogen and oxygen atoms in total. The van der Waals surface area contributed by atoms with Gasteiger partial charge in [-0.25, -0.2) is 17.2 Å². The van der Waals surface area contributed by atoms with E-state index in [0.29, 0.717) is 30.7 Å². The number of nitrogens with zero attached hydrogens (tertiary/aromatic N) is 2. The van der Waals surface area contributed by atoms with Gasteiger partial charge in [0.15, 0.2) is 11.6 Å². The molecule has 1 saturated heterocycles. The van der Waals surface area contributed by atoms with Crippen LogP contribution in [-0.4, -0.2) is 56.3 Å². The number of hydrogen-bond donors (Lipinski definition) is 1. The molecule has 3 rings (SSSR count). The van der Waals surface area contributed by atoms with Gasteiger partial charge in [-0.05, 0) is 35.9 Å². The molecule has 0 radical (unpaired) electrons. The topological polar surface area (TPSA) is 69.7 Å². The van der Waals surface area contributed by atoms with Gasteiger partial charge in [-0.2, -0.15) is 4.31 Å². The highest BCUT2D eigenvalue weighted by Gasteiger charge is 2.29. The van der Waals surface area contributed by atoms with E-state index in [2.05, 4.69) is 5.32 Å². The molecule has 0 atom stereocenters. The molecule has 0 aromatic heterocycles. The zero-order valence-electron chi connectivity index (χ0n) is 15.4. The molecule has 1 aliphatic rings. The van der Waals surface area contributed by atoms with Crippen LogP contribution in [0, 0.1) is 11.6 Å². The molecule has 10 heteroatoms. The van der Waals surface area contributed by atoms with Gasteiger partial charge in [0.25, 0.3) is 0 Å². The highest BCUT2D eigenvalue weighted by atomic mass is 35.5. The number of carbonyl (C=O) groups excluding carboxylic acids is 1. The molecule has 0 unspecified atom stereocenters. The number of nitrogens with one attached hydrogen (secondary N) is 1. The molecule has 0 spiro atoms. The van der Waals surface area contributed by atoms with E-state index >= 15 is 0 Å². The van der Waals surface area contributed by atoms with Gasteiger partial charge < -0.3 is 5.32 Å². The Morgan fingerprint density at radius 2 is 1.76 bits per heavy atom. The van der Waals surface area contributed by atoms with Gasteiger partial charge in [0.2, 0.25) is 15.9 Å². The average Bonchev–Trinajstić information content (AvgIpc) is 2.69. The van der Waals surface area contributed by atoms with Crippen LogP contribution >= 0.6 is 11.6 Å². The fraction of sp³-hybridized carbons (Fsp3) is 0.316. The van der Waals surface area contributed by atoms with E-state index < -0.39 is 21.7 Å². The first-order chi connectivity index (χ1) is 13.8. The molecule has 29 heavy (non-hydrogen) atoms. The summed E-state index contributed by atoms with van der Waals surface area (Å²) in [6.45, 7) is 1.51. The van der Waals surface area contributed by atoms with Gasteiger partial charge in [-0.1, -0.05) is 23.7 Å². The molecule has 1 fully saturated rings. The van der Waals surface area contributed by atoms with Crippen molar-refractivity contribution < 1.29 is 22.0 Å². The van der Waals surface area contributed by atoms with Crippen molar-refractivity contribution in [2.45, 2.75) is 11.4 Å². The molecule has 1 N–H and O–H groups in total. The second kappa shape index (κ2) is 9.17. The van der Waals surface area contributed by atoms with Crippen LogP contribution in [0.15, 0.2) is 47.4 Å². The maximum atomic E-state index is 13.4. The van der Waals surface area contributed by atoms with Gasteiger partial charge in [0.05, 0.1) is 11.4 Å². The van der Waals surface area contributed by atoms with Crippen molar-refractivity contribution in [1.82, 2.24) is 14.5 Å². The number of hydrogen-bond acceptors (Lipinski definition) is 4. The number of sulfonamides is 1. The van der Waals surface area contributed by atoms with Crippen LogP contribution in [0.5, 0.6) is 0 Å². The molecular formula is C19H20ClF2N3O3S. The number of carbonyl (C=O) groups is 1. The quantitative estimate of drug-likeness (QED) is 0.743. The van der Waals surface area contributed by atoms with E-state index in [-0.39, 0.29) is 30.4 Å². The van der Waals surface area contributed by atoms with Crippen LogP contribution in [-0.2, 0) is 21.4 Å². The Morgan fingerprint density at radius 1 is 1.03 bits per heavy atom. The summed E-state index contributed by atoms with van der Waals surface area (Å²) in [7, 11) is -3.92. The number of benzene rings is 2. The summed E-state index contributed by atoms with van der Waals surface area (Å²) in [4.78, 5) is 13.7. The third kappa shape index (κ3) is 5.51. The Labute approximate surface area is 173 Å². The molecule has 0 bridgehead atoms. The van der Waals surface area contributed by atoms with E-state index in [0.717, 1.165) is 17.7 Å². The summed E-state index contributed by atoms with van der Waals surface area (Å²) >= 11 is 5.91. The van der Waals surface area contributed by atoms with Crippen molar-refractivity contribution in [1.29, 1.82) is 0 Å². The van der Waals surface area contributed by atoms with Crippen molar-refractivity contribution in [3.63, 3.8) is 0 Å². The normalized spacial score (nSPS) is 16.0. The number of halogens is 3. The van der Waals surface area contributed by atoms with Crippen molar-refractivity contribution in [3.05, 3.63) is 64.7 Å². The lowest BCUT2D eigenvalue weighted by Gasteiger charge is -2.33. The molecule has 2 aromatic rings. The van der Waals surface area contributed by atoms with Gasteiger partial charge in [-0.3, -0.25) is 9.69 Å². The van der Waals surface area contributed by atoms with E-state index in [1.807, 2.05) is 11.0 Å². The lowest BCUT2D eigenvalue weighted by molar-refractivity contribution is -0.122. The Kier molecular flexibility index (Phi) is 6.84. The number of amides is 1. The van der Waals surface area contributed by atoms with E-state index in [4.69, 9.17) is 11.6 Å². The molecule has 1 heterocycles. The second-order valence-corrected chi connectivity index (χ2v) is 9.04. The smallest absolute Gasteiger partial charge is 0.243 e. The van der Waals surface area contributed by atoms with Crippen LogP contribution in [0.3, 0.4) is 0 Å². The minimum absolute atomic E-state index is 0.139. The maximum Gasteiger partial charge on any atom is 0.243 e. The van der Waals surface area contributed by atoms with E-state index in [9.17, 15) is 22.0 Å². The second-order valence-electron chi connectivity index (χ2n) is 6.66. The third-order valence-electron chi connectivity index (χ3n) is 4.61. The average molecular weight is 444 g/mol. The number of piperazine rings is 1. The molecule has 0 aliphatic carbocycles. The molecule has 2 aromatic carbocycles. The monoisotopic (exact) mass is 443 g/mol. The SMILES string of the molecule is O=C(CN1CCN(S(=O)(=O)c2ccc(F)c(F)c2)CC1)NCc1cccc(Cl)c1. The number of rotatable bonds is 6. The highest BCUT2D eigenvalue weighted by molar-refractivity contribution is 7.89. The molecule has 1 amide bonds. The van der Waals surface area contributed by atoms with Gasteiger partial charge in [0.1, 0.15) is 0 Å². The Morgan fingerprint density at radius 3 is 2.41 bits per heavy atom. The minimum Gasteiger partial charge on any atom is -0.351 e. The first-order valence-electron chi connectivity index (χ1n) is 8.94. The lowest BCUT2D eigenvalue weighted by atomic mass is 10.2. The van der Waals surface area contributed by atoms with Crippen LogP contribution in [0.25, 0.3) is 0 Å². The van der Waals surface area contributed by atoms with Crippen LogP contribution in [0.2, 0.25) is 5.02 Å². The Hall–Kier alpha value is -2.07. The standard InChI is InChI=1S/C19H20ClF2N3O3S/c20-15-3-1-2-14(10-15)12-23-19(26)13-24-6-8-25(9-7-24)29(27,28)16-4-5-17(21)18(22)11-16/h1-5,10-11H,6-9,12-13H2,(H,23,26). The van der Waals surface area contributed by atoms with Crippen molar-refractivity contribution in [2.24, 2.45) is 0 Å². The zero-order chi connectivity index (χ0) is 21.0. The largest absolute Gasteiger partial charge is 0.351 e. The minimum atomic E-state index is -3.92.